The number of anilines is 1. The van der Waals surface area contributed by atoms with Crippen molar-refractivity contribution in [1.82, 2.24) is 4.90 Å². The first-order chi connectivity index (χ1) is 11.5. The third-order valence-corrected chi connectivity index (χ3v) is 4.05. The van der Waals surface area contributed by atoms with Crippen molar-refractivity contribution in [3.05, 3.63) is 70.8 Å². The largest absolute Gasteiger partial charge is 0.323 e. The van der Waals surface area contributed by atoms with Crippen LogP contribution in [0.4, 0.5) is 5.69 Å². The van der Waals surface area contributed by atoms with Crippen molar-refractivity contribution in [2.75, 3.05) is 26.0 Å². The minimum atomic E-state index is -0.159. The maximum Gasteiger partial charge on any atom is 0.248 e. The van der Waals surface area contributed by atoms with E-state index in [-0.39, 0.29) is 5.91 Å². The Morgan fingerprint density at radius 3 is 2.42 bits per heavy atom. The van der Waals surface area contributed by atoms with Gasteiger partial charge in [0, 0.05) is 23.3 Å². The Kier molecular flexibility index (Phi) is 6.59. The molecule has 24 heavy (non-hydrogen) atoms. The van der Waals surface area contributed by atoms with E-state index in [1.807, 2.05) is 55.5 Å². The summed E-state index contributed by atoms with van der Waals surface area (Å²) in [6.45, 7) is 2.89. The maximum absolute atomic E-state index is 12.2. The molecule has 0 bridgehead atoms. The molecule has 0 radical (unpaired) electrons. The van der Waals surface area contributed by atoms with Crippen LogP contribution in [0.1, 0.15) is 18.1 Å². The molecule has 0 aliphatic rings. The highest BCUT2D eigenvalue weighted by molar-refractivity contribution is 6.32. The monoisotopic (exact) mass is 342 g/mol. The second kappa shape index (κ2) is 8.67. The number of amides is 1. The van der Waals surface area contributed by atoms with Gasteiger partial charge in [0.1, 0.15) is 0 Å². The van der Waals surface area contributed by atoms with Crippen LogP contribution in [0.15, 0.2) is 54.6 Å². The van der Waals surface area contributed by atoms with E-state index < -0.39 is 0 Å². The summed E-state index contributed by atoms with van der Waals surface area (Å²) in [6, 6.07) is 15.5. The third kappa shape index (κ3) is 5.52. The van der Waals surface area contributed by atoms with Gasteiger partial charge in [0.25, 0.3) is 0 Å². The summed E-state index contributed by atoms with van der Waals surface area (Å²) >= 11 is 6.16. The number of allylic oxidation sites excluding steroid dienone is 1. The van der Waals surface area contributed by atoms with E-state index >= 15 is 0 Å². The lowest BCUT2D eigenvalue weighted by molar-refractivity contribution is -0.111. The Bertz CT molecular complexity index is 721. The van der Waals surface area contributed by atoms with E-state index in [1.54, 1.807) is 6.08 Å². The minimum absolute atomic E-state index is 0.159. The normalized spacial score (nSPS) is 11.6. The lowest BCUT2D eigenvalue weighted by Crippen LogP contribution is -2.15. The molecule has 0 spiro atoms. The first kappa shape index (κ1) is 18.2. The van der Waals surface area contributed by atoms with E-state index in [4.69, 9.17) is 11.6 Å². The molecule has 4 heteroatoms. The Morgan fingerprint density at radius 1 is 1.12 bits per heavy atom. The van der Waals surface area contributed by atoms with Crippen LogP contribution in [0.5, 0.6) is 0 Å². The molecule has 3 nitrogen and oxygen atoms in total. The Morgan fingerprint density at radius 2 is 1.79 bits per heavy atom. The second-order valence-corrected chi connectivity index (χ2v) is 6.45. The van der Waals surface area contributed by atoms with Crippen molar-refractivity contribution in [2.45, 2.75) is 13.3 Å². The molecule has 0 fully saturated rings. The van der Waals surface area contributed by atoms with Gasteiger partial charge >= 0.3 is 0 Å². The van der Waals surface area contributed by atoms with Gasteiger partial charge in [-0.2, -0.15) is 0 Å². The number of hydrogen-bond acceptors (Lipinski definition) is 2. The number of benzene rings is 2. The van der Waals surface area contributed by atoms with E-state index in [9.17, 15) is 4.79 Å². The SMILES string of the molecule is CC(=CC(=O)Nc1ccc(CCN(C)C)cc1)c1ccccc1Cl. The van der Waals surface area contributed by atoms with Crippen molar-refractivity contribution < 1.29 is 4.79 Å². The zero-order valence-electron chi connectivity index (χ0n) is 14.3. The fourth-order valence-corrected chi connectivity index (χ4v) is 2.63. The first-order valence-electron chi connectivity index (χ1n) is 7.93. The van der Waals surface area contributed by atoms with Gasteiger partial charge in [-0.1, -0.05) is 41.9 Å². The van der Waals surface area contributed by atoms with Crippen LogP contribution in [0, 0.1) is 0 Å². The molecule has 1 N–H and O–H groups in total. The predicted molar refractivity (Wildman–Crippen MR) is 102 cm³/mol. The quantitative estimate of drug-likeness (QED) is 0.785. The number of nitrogens with one attached hydrogen (secondary N) is 1. The van der Waals surface area contributed by atoms with Gasteiger partial charge in [-0.05, 0) is 62.3 Å². The zero-order chi connectivity index (χ0) is 17.5. The Hall–Kier alpha value is -2.10. The van der Waals surface area contributed by atoms with E-state index in [0.717, 1.165) is 29.8 Å². The molecule has 0 aliphatic carbocycles. The van der Waals surface area contributed by atoms with Crippen molar-refractivity contribution in [3.63, 3.8) is 0 Å². The molecule has 0 saturated carbocycles. The summed E-state index contributed by atoms with van der Waals surface area (Å²) in [7, 11) is 4.12. The molecule has 126 valence electrons. The zero-order valence-corrected chi connectivity index (χ0v) is 15.1. The lowest BCUT2D eigenvalue weighted by atomic mass is 10.1. The average Bonchev–Trinajstić information content (AvgIpc) is 2.54. The fraction of sp³-hybridized carbons (Fsp3) is 0.250. The Balaban J connectivity index is 1.99. The number of hydrogen-bond donors (Lipinski definition) is 1. The standard InChI is InChI=1S/C20H23ClN2O/c1-15(18-6-4-5-7-19(18)21)14-20(24)22-17-10-8-16(9-11-17)12-13-23(2)3/h4-11,14H,12-13H2,1-3H3,(H,22,24). The number of likely N-dealkylation sites (N-methyl/N-ethyl adjacent to an activating group) is 1. The van der Waals surface area contributed by atoms with Crippen molar-refractivity contribution >= 4 is 28.8 Å². The van der Waals surface area contributed by atoms with Crippen molar-refractivity contribution in [3.8, 4) is 0 Å². The van der Waals surface area contributed by atoms with Gasteiger partial charge in [0.05, 0.1) is 0 Å². The van der Waals surface area contributed by atoms with Crippen LogP contribution in [-0.2, 0) is 11.2 Å². The summed E-state index contributed by atoms with van der Waals surface area (Å²) in [4.78, 5) is 14.3. The molecule has 0 aliphatic heterocycles. The van der Waals surface area contributed by atoms with Gasteiger partial charge < -0.3 is 10.2 Å². The predicted octanol–water partition coefficient (Wildman–Crippen LogP) is 4.49. The molecule has 0 heterocycles. The second-order valence-electron chi connectivity index (χ2n) is 6.05. The number of rotatable bonds is 6. The van der Waals surface area contributed by atoms with Crippen molar-refractivity contribution in [2.24, 2.45) is 0 Å². The highest BCUT2D eigenvalue weighted by atomic mass is 35.5. The molecule has 1 amide bonds. The summed E-state index contributed by atoms with van der Waals surface area (Å²) < 4.78 is 0. The summed E-state index contributed by atoms with van der Waals surface area (Å²) in [5, 5.41) is 3.53. The Labute approximate surface area is 148 Å². The van der Waals surface area contributed by atoms with Crippen LogP contribution in [0.25, 0.3) is 5.57 Å². The van der Waals surface area contributed by atoms with Crippen LogP contribution >= 0.6 is 11.6 Å². The number of halogens is 1. The van der Waals surface area contributed by atoms with Crippen LogP contribution < -0.4 is 5.32 Å². The van der Waals surface area contributed by atoms with E-state index in [2.05, 4.69) is 24.3 Å². The number of nitrogens with zero attached hydrogens (tertiary/aromatic N) is 1. The molecule has 2 aromatic carbocycles. The number of carbonyl (C=O) groups is 1. The van der Waals surface area contributed by atoms with Gasteiger partial charge in [-0.25, -0.2) is 0 Å². The highest BCUT2D eigenvalue weighted by Gasteiger charge is 2.05. The molecule has 0 saturated heterocycles. The molecule has 2 rings (SSSR count). The lowest BCUT2D eigenvalue weighted by Gasteiger charge is -2.10. The van der Waals surface area contributed by atoms with E-state index in [0.29, 0.717) is 5.02 Å². The van der Waals surface area contributed by atoms with Crippen molar-refractivity contribution in [1.29, 1.82) is 0 Å². The molecular formula is C20H23ClN2O. The molecule has 0 atom stereocenters. The van der Waals surface area contributed by atoms with Crippen LogP contribution in [-0.4, -0.2) is 31.4 Å². The summed E-state index contributed by atoms with van der Waals surface area (Å²) in [5.41, 5.74) is 3.75. The fourth-order valence-electron chi connectivity index (χ4n) is 2.34. The smallest absolute Gasteiger partial charge is 0.248 e. The van der Waals surface area contributed by atoms with Crippen LogP contribution in [0.2, 0.25) is 5.02 Å². The molecular weight excluding hydrogens is 320 g/mol. The summed E-state index contributed by atoms with van der Waals surface area (Å²) in [5.74, 6) is -0.159. The molecule has 2 aromatic rings. The molecule has 0 aromatic heterocycles. The first-order valence-corrected chi connectivity index (χ1v) is 8.31. The highest BCUT2D eigenvalue weighted by Crippen LogP contribution is 2.23. The topological polar surface area (TPSA) is 32.3 Å². The van der Waals surface area contributed by atoms with Gasteiger partial charge in [-0.15, -0.1) is 0 Å². The van der Waals surface area contributed by atoms with Gasteiger partial charge in [0.2, 0.25) is 5.91 Å². The van der Waals surface area contributed by atoms with Crippen LogP contribution in [0.3, 0.4) is 0 Å². The summed E-state index contributed by atoms with van der Waals surface area (Å²) in [6.07, 6.45) is 2.56. The third-order valence-electron chi connectivity index (χ3n) is 3.72. The van der Waals surface area contributed by atoms with Gasteiger partial charge in [-0.3, -0.25) is 4.79 Å². The maximum atomic E-state index is 12.2. The minimum Gasteiger partial charge on any atom is -0.323 e. The van der Waals surface area contributed by atoms with E-state index in [1.165, 1.54) is 5.56 Å². The average molecular weight is 343 g/mol. The number of carbonyl (C=O) groups excluding carboxylic acids is 1. The molecule has 0 unspecified atom stereocenters. The van der Waals surface area contributed by atoms with Gasteiger partial charge in [0.15, 0.2) is 0 Å².